The summed E-state index contributed by atoms with van der Waals surface area (Å²) in [5.74, 6) is 1.53. The molecule has 0 spiro atoms. The molecule has 0 aliphatic carbocycles. The normalized spacial score (nSPS) is 17.2. The number of piperidine rings is 1. The molecule has 0 unspecified atom stereocenters. The number of carbonyl (C=O) groups excluding carboxylic acids is 1. The van der Waals surface area contributed by atoms with Crippen LogP contribution in [0.15, 0.2) is 42.7 Å². The number of hydrogen-bond donors (Lipinski definition) is 1. The van der Waals surface area contributed by atoms with E-state index in [0.29, 0.717) is 6.42 Å². The molecule has 1 saturated heterocycles. The number of rotatable bonds is 5. The van der Waals surface area contributed by atoms with Crippen LogP contribution < -0.4 is 14.8 Å². The molecule has 0 radical (unpaired) electrons. The molecule has 2 aliphatic rings. The fourth-order valence-corrected chi connectivity index (χ4v) is 3.50. The van der Waals surface area contributed by atoms with Crippen LogP contribution >= 0.6 is 0 Å². The summed E-state index contributed by atoms with van der Waals surface area (Å²) in [6.45, 7) is 3.19. The summed E-state index contributed by atoms with van der Waals surface area (Å²) in [4.78, 5) is 18.8. The topological polar surface area (TPSA) is 63.7 Å². The van der Waals surface area contributed by atoms with E-state index < -0.39 is 0 Å². The van der Waals surface area contributed by atoms with E-state index in [2.05, 4.69) is 27.3 Å². The maximum atomic E-state index is 12.3. The van der Waals surface area contributed by atoms with Crippen molar-refractivity contribution in [2.45, 2.75) is 31.8 Å². The Morgan fingerprint density at radius 1 is 1.08 bits per heavy atom. The van der Waals surface area contributed by atoms with Gasteiger partial charge in [-0.25, -0.2) is 0 Å². The SMILES string of the molecule is O=C(Cc1ccc2c(c1)OCO2)NC1CCN(Cc2ccncc2)CC1. The van der Waals surface area contributed by atoms with Gasteiger partial charge in [-0.3, -0.25) is 14.7 Å². The third-order valence-electron chi connectivity index (χ3n) is 4.91. The second-order valence-electron chi connectivity index (χ2n) is 6.84. The summed E-state index contributed by atoms with van der Waals surface area (Å²) >= 11 is 0. The van der Waals surface area contributed by atoms with Gasteiger partial charge in [0.1, 0.15) is 0 Å². The van der Waals surface area contributed by atoms with Crippen LogP contribution in [-0.4, -0.2) is 41.7 Å². The first-order chi connectivity index (χ1) is 12.8. The average molecular weight is 353 g/mol. The Kier molecular flexibility index (Phi) is 5.02. The smallest absolute Gasteiger partial charge is 0.231 e. The maximum Gasteiger partial charge on any atom is 0.231 e. The van der Waals surface area contributed by atoms with Gasteiger partial charge < -0.3 is 14.8 Å². The quantitative estimate of drug-likeness (QED) is 0.892. The molecule has 1 aromatic heterocycles. The summed E-state index contributed by atoms with van der Waals surface area (Å²) in [5.41, 5.74) is 2.23. The lowest BCUT2D eigenvalue weighted by Crippen LogP contribution is -2.44. The van der Waals surface area contributed by atoms with Gasteiger partial charge in [-0.1, -0.05) is 6.07 Å². The Morgan fingerprint density at radius 3 is 2.65 bits per heavy atom. The van der Waals surface area contributed by atoms with Crippen molar-refractivity contribution in [3.63, 3.8) is 0 Å². The average Bonchev–Trinajstić information content (AvgIpc) is 3.12. The monoisotopic (exact) mass is 353 g/mol. The van der Waals surface area contributed by atoms with Crippen LogP contribution in [0.25, 0.3) is 0 Å². The minimum Gasteiger partial charge on any atom is -0.454 e. The van der Waals surface area contributed by atoms with Crippen LogP contribution in [0.3, 0.4) is 0 Å². The van der Waals surface area contributed by atoms with Crippen molar-refractivity contribution < 1.29 is 14.3 Å². The first-order valence-electron chi connectivity index (χ1n) is 9.05. The van der Waals surface area contributed by atoms with Crippen molar-refractivity contribution in [3.05, 3.63) is 53.9 Å². The van der Waals surface area contributed by atoms with E-state index in [1.807, 2.05) is 30.6 Å². The molecule has 6 heteroatoms. The molecular formula is C20H23N3O3. The number of carbonyl (C=O) groups is 1. The van der Waals surface area contributed by atoms with Crippen molar-refractivity contribution in [2.24, 2.45) is 0 Å². The van der Waals surface area contributed by atoms with Gasteiger partial charge in [-0.05, 0) is 48.2 Å². The van der Waals surface area contributed by atoms with Crippen molar-refractivity contribution in [3.8, 4) is 11.5 Å². The molecule has 0 saturated carbocycles. The van der Waals surface area contributed by atoms with Crippen molar-refractivity contribution in [1.29, 1.82) is 0 Å². The number of fused-ring (bicyclic) bond motifs is 1. The summed E-state index contributed by atoms with van der Waals surface area (Å²) in [6, 6.07) is 10.0. The van der Waals surface area contributed by atoms with E-state index in [1.165, 1.54) is 5.56 Å². The molecule has 4 rings (SSSR count). The van der Waals surface area contributed by atoms with Crippen LogP contribution in [0.1, 0.15) is 24.0 Å². The third-order valence-corrected chi connectivity index (χ3v) is 4.91. The standard InChI is InChI=1S/C20H23N3O3/c24-20(12-16-1-2-18-19(11-16)26-14-25-18)22-17-5-9-23(10-6-17)13-15-3-7-21-8-4-15/h1-4,7-8,11,17H,5-6,9-10,12-14H2,(H,22,24). The van der Waals surface area contributed by atoms with Gasteiger partial charge in [-0.15, -0.1) is 0 Å². The molecule has 26 heavy (non-hydrogen) atoms. The second kappa shape index (κ2) is 7.74. The Balaban J connectivity index is 1.23. The molecule has 6 nitrogen and oxygen atoms in total. The molecule has 2 aromatic rings. The molecule has 1 aromatic carbocycles. The summed E-state index contributed by atoms with van der Waals surface area (Å²) in [5, 5.41) is 3.17. The zero-order chi connectivity index (χ0) is 17.8. The van der Waals surface area contributed by atoms with Gasteiger partial charge in [0.05, 0.1) is 6.42 Å². The van der Waals surface area contributed by atoms with Gasteiger partial charge >= 0.3 is 0 Å². The number of pyridine rings is 1. The molecule has 136 valence electrons. The lowest BCUT2D eigenvalue weighted by atomic mass is 10.0. The molecule has 0 atom stereocenters. The van der Waals surface area contributed by atoms with Crippen LogP contribution in [0.2, 0.25) is 0 Å². The highest BCUT2D eigenvalue weighted by Gasteiger charge is 2.21. The van der Waals surface area contributed by atoms with Crippen LogP contribution in [0, 0.1) is 0 Å². The first-order valence-corrected chi connectivity index (χ1v) is 9.05. The highest BCUT2D eigenvalue weighted by Crippen LogP contribution is 2.32. The minimum atomic E-state index is 0.0662. The Morgan fingerprint density at radius 2 is 1.85 bits per heavy atom. The maximum absolute atomic E-state index is 12.3. The lowest BCUT2D eigenvalue weighted by molar-refractivity contribution is -0.121. The van der Waals surface area contributed by atoms with Crippen LogP contribution in [0.4, 0.5) is 0 Å². The highest BCUT2D eigenvalue weighted by molar-refractivity contribution is 5.79. The van der Waals surface area contributed by atoms with Crippen LogP contribution in [0.5, 0.6) is 11.5 Å². The number of likely N-dealkylation sites (tertiary alicyclic amines) is 1. The molecular weight excluding hydrogens is 330 g/mol. The number of aromatic nitrogens is 1. The van der Waals surface area contributed by atoms with E-state index in [9.17, 15) is 4.79 Å². The van der Waals surface area contributed by atoms with E-state index in [4.69, 9.17) is 9.47 Å². The van der Waals surface area contributed by atoms with E-state index >= 15 is 0 Å². The zero-order valence-corrected chi connectivity index (χ0v) is 14.7. The van der Waals surface area contributed by atoms with Crippen molar-refractivity contribution >= 4 is 5.91 Å². The predicted molar refractivity (Wildman–Crippen MR) is 96.9 cm³/mol. The van der Waals surface area contributed by atoms with Crippen molar-refractivity contribution in [2.75, 3.05) is 19.9 Å². The molecule has 1 fully saturated rings. The molecule has 1 amide bonds. The van der Waals surface area contributed by atoms with Gasteiger partial charge in [0.25, 0.3) is 0 Å². The molecule has 2 aliphatic heterocycles. The van der Waals surface area contributed by atoms with Crippen molar-refractivity contribution in [1.82, 2.24) is 15.2 Å². The fourth-order valence-electron chi connectivity index (χ4n) is 3.50. The third kappa shape index (κ3) is 4.14. The van der Waals surface area contributed by atoms with E-state index in [0.717, 1.165) is 49.5 Å². The predicted octanol–water partition coefficient (Wildman–Crippen LogP) is 2.13. The molecule has 0 bridgehead atoms. The number of benzene rings is 1. The van der Waals surface area contributed by atoms with E-state index in [-0.39, 0.29) is 18.7 Å². The van der Waals surface area contributed by atoms with Gasteiger partial charge in [-0.2, -0.15) is 0 Å². The summed E-state index contributed by atoms with van der Waals surface area (Å²) in [6.07, 6.45) is 6.00. The Bertz CT molecular complexity index is 758. The molecule has 1 N–H and O–H groups in total. The second-order valence-corrected chi connectivity index (χ2v) is 6.84. The Hall–Kier alpha value is -2.60. The zero-order valence-electron chi connectivity index (χ0n) is 14.7. The van der Waals surface area contributed by atoms with E-state index in [1.54, 1.807) is 0 Å². The summed E-state index contributed by atoms with van der Waals surface area (Å²) in [7, 11) is 0. The number of hydrogen-bond acceptors (Lipinski definition) is 5. The fraction of sp³-hybridized carbons (Fsp3) is 0.400. The molecule has 3 heterocycles. The summed E-state index contributed by atoms with van der Waals surface area (Å²) < 4.78 is 10.7. The largest absolute Gasteiger partial charge is 0.454 e. The van der Waals surface area contributed by atoms with Gasteiger partial charge in [0, 0.05) is 38.1 Å². The minimum absolute atomic E-state index is 0.0662. The number of nitrogens with one attached hydrogen (secondary N) is 1. The number of amides is 1. The van der Waals surface area contributed by atoms with Gasteiger partial charge in [0.15, 0.2) is 11.5 Å². The number of nitrogens with zero attached hydrogens (tertiary/aromatic N) is 2. The number of ether oxygens (including phenoxy) is 2. The highest BCUT2D eigenvalue weighted by atomic mass is 16.7. The van der Waals surface area contributed by atoms with Gasteiger partial charge in [0.2, 0.25) is 12.7 Å². The Labute approximate surface area is 153 Å². The van der Waals surface area contributed by atoms with Crippen LogP contribution in [-0.2, 0) is 17.8 Å². The lowest BCUT2D eigenvalue weighted by Gasteiger charge is -2.32. The first kappa shape index (κ1) is 16.8.